The SMILES string of the molecule is CCCC(C)C(=O)NCC1CCC(Br)C1. The maximum absolute atomic E-state index is 11.6. The second-order valence-electron chi connectivity index (χ2n) is 4.71. The van der Waals surface area contributed by atoms with E-state index in [0.717, 1.165) is 19.4 Å². The fourth-order valence-electron chi connectivity index (χ4n) is 2.18. The monoisotopic (exact) mass is 275 g/mol. The van der Waals surface area contributed by atoms with Gasteiger partial charge in [0.1, 0.15) is 0 Å². The summed E-state index contributed by atoms with van der Waals surface area (Å²) in [4.78, 5) is 12.3. The minimum atomic E-state index is 0.177. The van der Waals surface area contributed by atoms with E-state index in [1.807, 2.05) is 6.92 Å². The van der Waals surface area contributed by atoms with Crippen LogP contribution in [0, 0.1) is 11.8 Å². The van der Waals surface area contributed by atoms with Crippen LogP contribution in [0.15, 0.2) is 0 Å². The summed E-state index contributed by atoms with van der Waals surface area (Å²) < 4.78 is 0. The molecule has 0 heterocycles. The van der Waals surface area contributed by atoms with Gasteiger partial charge >= 0.3 is 0 Å². The number of hydrogen-bond acceptors (Lipinski definition) is 1. The van der Waals surface area contributed by atoms with Crippen LogP contribution in [0.3, 0.4) is 0 Å². The molecular weight excluding hydrogens is 254 g/mol. The number of amides is 1. The highest BCUT2D eigenvalue weighted by Crippen LogP contribution is 2.30. The number of carbonyl (C=O) groups excluding carboxylic acids is 1. The molecule has 0 bridgehead atoms. The van der Waals surface area contributed by atoms with Gasteiger partial charge < -0.3 is 5.32 Å². The van der Waals surface area contributed by atoms with Crippen LogP contribution < -0.4 is 5.32 Å². The third-order valence-electron chi connectivity index (χ3n) is 3.21. The molecule has 15 heavy (non-hydrogen) atoms. The maximum atomic E-state index is 11.6. The van der Waals surface area contributed by atoms with Gasteiger partial charge in [-0.3, -0.25) is 4.79 Å². The van der Waals surface area contributed by atoms with E-state index in [2.05, 4.69) is 28.2 Å². The molecule has 0 aromatic carbocycles. The zero-order chi connectivity index (χ0) is 11.3. The van der Waals surface area contributed by atoms with Gasteiger partial charge in [0.25, 0.3) is 0 Å². The lowest BCUT2D eigenvalue weighted by molar-refractivity contribution is -0.124. The molecular formula is C12H22BrNO. The number of halogens is 1. The zero-order valence-corrected chi connectivity index (χ0v) is 11.3. The number of carbonyl (C=O) groups is 1. The van der Waals surface area contributed by atoms with Gasteiger partial charge in [0, 0.05) is 17.3 Å². The smallest absolute Gasteiger partial charge is 0.222 e. The number of rotatable bonds is 5. The molecule has 3 atom stereocenters. The Labute approximate surface area is 101 Å². The Balaban J connectivity index is 2.16. The summed E-state index contributed by atoms with van der Waals surface area (Å²) in [5, 5.41) is 3.07. The largest absolute Gasteiger partial charge is 0.356 e. The van der Waals surface area contributed by atoms with Crippen LogP contribution in [0.4, 0.5) is 0 Å². The van der Waals surface area contributed by atoms with E-state index >= 15 is 0 Å². The summed E-state index contributed by atoms with van der Waals surface area (Å²) in [5.74, 6) is 1.10. The van der Waals surface area contributed by atoms with Crippen LogP contribution in [0.1, 0.15) is 46.0 Å². The number of hydrogen-bond donors (Lipinski definition) is 1. The molecule has 1 aliphatic carbocycles. The molecule has 88 valence electrons. The third kappa shape index (κ3) is 4.54. The van der Waals surface area contributed by atoms with Crippen molar-refractivity contribution in [3.05, 3.63) is 0 Å². The van der Waals surface area contributed by atoms with Crippen LogP contribution in [0.25, 0.3) is 0 Å². The minimum Gasteiger partial charge on any atom is -0.356 e. The van der Waals surface area contributed by atoms with Gasteiger partial charge in [-0.1, -0.05) is 36.2 Å². The minimum absolute atomic E-state index is 0.177. The van der Waals surface area contributed by atoms with Gasteiger partial charge in [0.2, 0.25) is 5.91 Å². The van der Waals surface area contributed by atoms with Crippen molar-refractivity contribution < 1.29 is 4.79 Å². The molecule has 1 aliphatic rings. The molecule has 1 fully saturated rings. The van der Waals surface area contributed by atoms with E-state index in [0.29, 0.717) is 10.7 Å². The van der Waals surface area contributed by atoms with Crippen molar-refractivity contribution in [2.24, 2.45) is 11.8 Å². The van der Waals surface area contributed by atoms with E-state index in [9.17, 15) is 4.79 Å². The van der Waals surface area contributed by atoms with Gasteiger partial charge in [-0.2, -0.15) is 0 Å². The molecule has 0 radical (unpaired) electrons. The molecule has 2 nitrogen and oxygen atoms in total. The van der Waals surface area contributed by atoms with Crippen molar-refractivity contribution in [2.75, 3.05) is 6.54 Å². The van der Waals surface area contributed by atoms with E-state index in [1.165, 1.54) is 19.3 Å². The summed E-state index contributed by atoms with van der Waals surface area (Å²) >= 11 is 3.63. The predicted octanol–water partition coefficient (Wildman–Crippen LogP) is 3.10. The van der Waals surface area contributed by atoms with Crippen molar-refractivity contribution in [3.8, 4) is 0 Å². The van der Waals surface area contributed by atoms with Gasteiger partial charge in [-0.05, 0) is 31.6 Å². The van der Waals surface area contributed by atoms with Crippen LogP contribution in [-0.4, -0.2) is 17.3 Å². The van der Waals surface area contributed by atoms with Gasteiger partial charge in [-0.25, -0.2) is 0 Å². The van der Waals surface area contributed by atoms with Crippen molar-refractivity contribution in [1.82, 2.24) is 5.32 Å². The highest BCUT2D eigenvalue weighted by Gasteiger charge is 2.23. The molecule has 1 amide bonds. The lowest BCUT2D eigenvalue weighted by Crippen LogP contribution is -2.32. The summed E-state index contributed by atoms with van der Waals surface area (Å²) in [5.41, 5.74) is 0. The highest BCUT2D eigenvalue weighted by molar-refractivity contribution is 9.09. The summed E-state index contributed by atoms with van der Waals surface area (Å²) in [7, 11) is 0. The predicted molar refractivity (Wildman–Crippen MR) is 67.1 cm³/mol. The molecule has 0 aromatic rings. The first-order chi connectivity index (χ1) is 7.13. The molecule has 1 N–H and O–H groups in total. The van der Waals surface area contributed by atoms with Crippen LogP contribution in [0.5, 0.6) is 0 Å². The first-order valence-corrected chi connectivity index (χ1v) is 6.96. The van der Waals surface area contributed by atoms with Crippen LogP contribution >= 0.6 is 15.9 Å². The second kappa shape index (κ2) is 6.51. The van der Waals surface area contributed by atoms with E-state index in [-0.39, 0.29) is 11.8 Å². The van der Waals surface area contributed by atoms with E-state index in [4.69, 9.17) is 0 Å². The number of nitrogens with one attached hydrogen (secondary N) is 1. The normalized spacial score (nSPS) is 27.7. The Morgan fingerprint density at radius 2 is 2.27 bits per heavy atom. The average Bonchev–Trinajstić information content (AvgIpc) is 2.61. The Hall–Kier alpha value is -0.0500. The van der Waals surface area contributed by atoms with Crippen LogP contribution in [-0.2, 0) is 4.79 Å². The van der Waals surface area contributed by atoms with Gasteiger partial charge in [0.05, 0.1) is 0 Å². The molecule has 0 spiro atoms. The summed E-state index contributed by atoms with van der Waals surface area (Å²) in [6.07, 6.45) is 5.80. The van der Waals surface area contributed by atoms with Crippen molar-refractivity contribution in [3.63, 3.8) is 0 Å². The molecule has 1 rings (SSSR count). The van der Waals surface area contributed by atoms with E-state index < -0.39 is 0 Å². The Bertz CT molecular complexity index is 208. The summed E-state index contributed by atoms with van der Waals surface area (Å²) in [6.45, 7) is 5.01. The fraction of sp³-hybridized carbons (Fsp3) is 0.917. The molecule has 3 unspecified atom stereocenters. The van der Waals surface area contributed by atoms with Crippen molar-refractivity contribution in [2.45, 2.75) is 50.8 Å². The Morgan fingerprint density at radius 1 is 1.53 bits per heavy atom. The quantitative estimate of drug-likeness (QED) is 0.768. The van der Waals surface area contributed by atoms with Crippen molar-refractivity contribution in [1.29, 1.82) is 0 Å². The molecule has 0 aromatic heterocycles. The zero-order valence-electron chi connectivity index (χ0n) is 9.76. The lowest BCUT2D eigenvalue weighted by atomic mass is 10.0. The Morgan fingerprint density at radius 3 is 2.80 bits per heavy atom. The first kappa shape index (κ1) is 13.0. The number of alkyl halides is 1. The van der Waals surface area contributed by atoms with E-state index in [1.54, 1.807) is 0 Å². The average molecular weight is 276 g/mol. The molecule has 0 saturated heterocycles. The van der Waals surface area contributed by atoms with Gasteiger partial charge in [0.15, 0.2) is 0 Å². The second-order valence-corrected chi connectivity index (χ2v) is 6.01. The lowest BCUT2D eigenvalue weighted by Gasteiger charge is -2.14. The summed E-state index contributed by atoms with van der Waals surface area (Å²) in [6, 6.07) is 0. The molecule has 0 aliphatic heterocycles. The third-order valence-corrected chi connectivity index (χ3v) is 4.04. The highest BCUT2D eigenvalue weighted by atomic mass is 79.9. The Kier molecular flexibility index (Phi) is 5.65. The van der Waals surface area contributed by atoms with Gasteiger partial charge in [-0.15, -0.1) is 0 Å². The molecule has 3 heteroatoms. The first-order valence-electron chi connectivity index (χ1n) is 6.05. The standard InChI is InChI=1S/C12H22BrNO/c1-3-4-9(2)12(15)14-8-10-5-6-11(13)7-10/h9-11H,3-8H2,1-2H3,(H,14,15). The van der Waals surface area contributed by atoms with Crippen LogP contribution in [0.2, 0.25) is 0 Å². The van der Waals surface area contributed by atoms with Crippen molar-refractivity contribution >= 4 is 21.8 Å². The fourth-order valence-corrected chi connectivity index (χ4v) is 2.98. The topological polar surface area (TPSA) is 29.1 Å². The maximum Gasteiger partial charge on any atom is 0.222 e. The molecule has 1 saturated carbocycles.